The summed E-state index contributed by atoms with van der Waals surface area (Å²) in [5, 5.41) is 0. The molecule has 0 aliphatic carbocycles. The molecule has 0 atom stereocenters. The van der Waals surface area contributed by atoms with Crippen LogP contribution in [0.25, 0.3) is 11.1 Å². The molecule has 1 fully saturated rings. The van der Waals surface area contributed by atoms with Crippen molar-refractivity contribution in [1.82, 2.24) is 9.88 Å². The van der Waals surface area contributed by atoms with E-state index in [9.17, 15) is 4.79 Å². The molecular weight excluding hydrogens is 290 g/mol. The number of nitrogens with zero attached hydrogens (tertiary/aromatic N) is 2. The van der Waals surface area contributed by atoms with Gasteiger partial charge in [-0.2, -0.15) is 0 Å². The zero-order chi connectivity index (χ0) is 15.6. The third kappa shape index (κ3) is 2.87. The highest BCUT2D eigenvalue weighted by molar-refractivity contribution is 5.87. The Morgan fingerprint density at radius 2 is 1.74 bits per heavy atom. The van der Waals surface area contributed by atoms with Crippen LogP contribution in [-0.2, 0) is 6.54 Å². The molecule has 0 radical (unpaired) electrons. The number of H-pyrrole nitrogens is 1. The molecule has 1 aromatic heterocycles. The van der Waals surface area contributed by atoms with Crippen LogP contribution in [0.2, 0.25) is 0 Å². The summed E-state index contributed by atoms with van der Waals surface area (Å²) >= 11 is 0. The summed E-state index contributed by atoms with van der Waals surface area (Å²) in [5.41, 5.74) is 3.82. The van der Waals surface area contributed by atoms with E-state index in [0.717, 1.165) is 43.9 Å². The SMILES string of the molecule is O=c1[nH]c2c(N3CCN(Cc4ccccc4)CC3)cccc2o1. The lowest BCUT2D eigenvalue weighted by Crippen LogP contribution is -2.46. The van der Waals surface area contributed by atoms with Gasteiger partial charge in [0.1, 0.15) is 5.52 Å². The minimum atomic E-state index is -0.393. The highest BCUT2D eigenvalue weighted by Crippen LogP contribution is 2.25. The number of hydrogen-bond acceptors (Lipinski definition) is 4. The van der Waals surface area contributed by atoms with Crippen molar-refractivity contribution in [3.8, 4) is 0 Å². The van der Waals surface area contributed by atoms with Gasteiger partial charge in [0.15, 0.2) is 5.58 Å². The first-order valence-corrected chi connectivity index (χ1v) is 7.93. The van der Waals surface area contributed by atoms with Gasteiger partial charge in [0, 0.05) is 32.7 Å². The monoisotopic (exact) mass is 309 g/mol. The van der Waals surface area contributed by atoms with Crippen molar-refractivity contribution >= 4 is 16.8 Å². The zero-order valence-corrected chi connectivity index (χ0v) is 12.9. The molecule has 118 valence electrons. The molecule has 0 saturated carbocycles. The number of hydrogen-bond donors (Lipinski definition) is 1. The fraction of sp³-hybridized carbons (Fsp3) is 0.278. The van der Waals surface area contributed by atoms with Crippen LogP contribution in [0.5, 0.6) is 0 Å². The molecule has 23 heavy (non-hydrogen) atoms. The quantitative estimate of drug-likeness (QED) is 0.807. The predicted molar refractivity (Wildman–Crippen MR) is 90.8 cm³/mol. The maximum absolute atomic E-state index is 11.4. The third-order valence-electron chi connectivity index (χ3n) is 4.40. The summed E-state index contributed by atoms with van der Waals surface area (Å²) in [7, 11) is 0. The van der Waals surface area contributed by atoms with E-state index in [0.29, 0.717) is 5.58 Å². The van der Waals surface area contributed by atoms with E-state index < -0.39 is 5.76 Å². The Bertz CT molecular complexity index is 845. The number of aromatic amines is 1. The number of piperazine rings is 1. The van der Waals surface area contributed by atoms with Gasteiger partial charge in [0.25, 0.3) is 0 Å². The summed E-state index contributed by atoms with van der Waals surface area (Å²) in [4.78, 5) is 19.0. The lowest BCUT2D eigenvalue weighted by Gasteiger charge is -2.36. The number of oxazole rings is 1. The standard InChI is InChI=1S/C18H19N3O2/c22-18-19-17-15(7-4-8-16(17)23-18)21-11-9-20(10-12-21)13-14-5-2-1-3-6-14/h1-8H,9-13H2,(H,19,22). The minimum Gasteiger partial charge on any atom is -0.408 e. The lowest BCUT2D eigenvalue weighted by atomic mass is 10.2. The van der Waals surface area contributed by atoms with Crippen LogP contribution >= 0.6 is 0 Å². The molecule has 4 rings (SSSR count). The van der Waals surface area contributed by atoms with Gasteiger partial charge in [-0.3, -0.25) is 9.88 Å². The summed E-state index contributed by atoms with van der Waals surface area (Å²) in [6.45, 7) is 4.89. The molecule has 5 nitrogen and oxygen atoms in total. The first-order chi connectivity index (χ1) is 11.3. The van der Waals surface area contributed by atoms with E-state index in [1.165, 1.54) is 5.56 Å². The molecule has 0 spiro atoms. The second-order valence-electron chi connectivity index (χ2n) is 5.91. The molecule has 2 heterocycles. The number of anilines is 1. The number of rotatable bonds is 3. The van der Waals surface area contributed by atoms with Gasteiger partial charge in [-0.05, 0) is 17.7 Å². The number of fused-ring (bicyclic) bond motifs is 1. The van der Waals surface area contributed by atoms with Crippen LogP contribution in [0, 0.1) is 0 Å². The van der Waals surface area contributed by atoms with Crippen molar-refractivity contribution in [1.29, 1.82) is 0 Å². The predicted octanol–water partition coefficient (Wildman–Crippen LogP) is 2.44. The summed E-state index contributed by atoms with van der Waals surface area (Å²) < 4.78 is 5.15. The van der Waals surface area contributed by atoms with E-state index in [1.807, 2.05) is 24.3 Å². The fourth-order valence-corrected chi connectivity index (χ4v) is 3.21. The molecule has 1 aliphatic rings. The Labute approximate surface area is 134 Å². The number of benzene rings is 2. The van der Waals surface area contributed by atoms with Gasteiger partial charge in [-0.15, -0.1) is 0 Å². The Hall–Kier alpha value is -2.53. The van der Waals surface area contributed by atoms with Crippen molar-refractivity contribution in [3.05, 3.63) is 64.6 Å². The first kappa shape index (κ1) is 14.1. The highest BCUT2D eigenvalue weighted by Gasteiger charge is 2.19. The van der Waals surface area contributed by atoms with E-state index >= 15 is 0 Å². The third-order valence-corrected chi connectivity index (χ3v) is 4.40. The molecule has 0 amide bonds. The molecule has 5 heteroatoms. The summed E-state index contributed by atoms with van der Waals surface area (Å²) in [6, 6.07) is 16.4. The van der Waals surface area contributed by atoms with Gasteiger partial charge in [0.2, 0.25) is 0 Å². The van der Waals surface area contributed by atoms with E-state index in [4.69, 9.17) is 4.42 Å². The summed E-state index contributed by atoms with van der Waals surface area (Å²) in [5.74, 6) is -0.393. The molecule has 0 unspecified atom stereocenters. The number of para-hydroxylation sites is 1. The van der Waals surface area contributed by atoms with Crippen molar-refractivity contribution in [2.45, 2.75) is 6.54 Å². The summed E-state index contributed by atoms with van der Waals surface area (Å²) in [6.07, 6.45) is 0. The van der Waals surface area contributed by atoms with Gasteiger partial charge in [0.05, 0.1) is 5.69 Å². The maximum Gasteiger partial charge on any atom is 0.417 e. The Morgan fingerprint density at radius 1 is 0.957 bits per heavy atom. The topological polar surface area (TPSA) is 52.5 Å². The Kier molecular flexibility index (Phi) is 3.63. The van der Waals surface area contributed by atoms with Crippen LogP contribution in [0.1, 0.15) is 5.56 Å². The van der Waals surface area contributed by atoms with Crippen molar-refractivity contribution < 1.29 is 4.42 Å². The normalized spacial score (nSPS) is 16.1. The van der Waals surface area contributed by atoms with Crippen molar-refractivity contribution in [2.75, 3.05) is 31.1 Å². The zero-order valence-electron chi connectivity index (χ0n) is 12.9. The highest BCUT2D eigenvalue weighted by atomic mass is 16.4. The van der Waals surface area contributed by atoms with E-state index in [-0.39, 0.29) is 0 Å². The van der Waals surface area contributed by atoms with Crippen LogP contribution in [0.3, 0.4) is 0 Å². The Balaban J connectivity index is 1.47. The minimum absolute atomic E-state index is 0.393. The molecule has 3 aromatic rings. The van der Waals surface area contributed by atoms with Crippen LogP contribution < -0.4 is 10.7 Å². The van der Waals surface area contributed by atoms with Crippen LogP contribution in [0.4, 0.5) is 5.69 Å². The fourth-order valence-electron chi connectivity index (χ4n) is 3.21. The number of aromatic nitrogens is 1. The molecule has 1 N–H and O–H groups in total. The average Bonchev–Trinajstić information content (AvgIpc) is 2.97. The second-order valence-corrected chi connectivity index (χ2v) is 5.91. The van der Waals surface area contributed by atoms with Crippen LogP contribution in [-0.4, -0.2) is 36.1 Å². The van der Waals surface area contributed by atoms with Crippen molar-refractivity contribution in [2.24, 2.45) is 0 Å². The number of nitrogens with one attached hydrogen (secondary N) is 1. The molecule has 2 aromatic carbocycles. The second kappa shape index (κ2) is 5.93. The van der Waals surface area contributed by atoms with Gasteiger partial charge >= 0.3 is 5.76 Å². The van der Waals surface area contributed by atoms with Crippen molar-refractivity contribution in [3.63, 3.8) is 0 Å². The van der Waals surface area contributed by atoms with E-state index in [2.05, 4.69) is 39.0 Å². The Morgan fingerprint density at radius 3 is 2.52 bits per heavy atom. The average molecular weight is 309 g/mol. The van der Waals surface area contributed by atoms with Crippen LogP contribution in [0.15, 0.2) is 57.7 Å². The largest absolute Gasteiger partial charge is 0.417 e. The lowest BCUT2D eigenvalue weighted by molar-refractivity contribution is 0.250. The smallest absolute Gasteiger partial charge is 0.408 e. The molecule has 1 aliphatic heterocycles. The van der Waals surface area contributed by atoms with Gasteiger partial charge in [-0.25, -0.2) is 4.79 Å². The van der Waals surface area contributed by atoms with Gasteiger partial charge in [-0.1, -0.05) is 36.4 Å². The molecular formula is C18H19N3O2. The van der Waals surface area contributed by atoms with E-state index in [1.54, 1.807) is 0 Å². The first-order valence-electron chi connectivity index (χ1n) is 7.93. The molecule has 1 saturated heterocycles. The van der Waals surface area contributed by atoms with Gasteiger partial charge < -0.3 is 9.32 Å². The molecule has 0 bridgehead atoms. The maximum atomic E-state index is 11.4.